The summed E-state index contributed by atoms with van der Waals surface area (Å²) in [7, 11) is 0. The molecule has 1 amide bonds. The molecule has 2 heterocycles. The lowest BCUT2D eigenvalue weighted by Gasteiger charge is -2.21. The molecule has 5 rings (SSSR count). The summed E-state index contributed by atoms with van der Waals surface area (Å²) < 4.78 is 0. The number of para-hydroxylation sites is 1. The molecule has 0 atom stereocenters. The van der Waals surface area contributed by atoms with Crippen molar-refractivity contribution in [2.45, 2.75) is 50.8 Å². The van der Waals surface area contributed by atoms with E-state index in [1.54, 1.807) is 16.7 Å². The average molecular weight is 528 g/mol. The van der Waals surface area contributed by atoms with Crippen LogP contribution in [0.5, 0.6) is 0 Å². The van der Waals surface area contributed by atoms with E-state index in [1.807, 2.05) is 41.3 Å². The Labute approximate surface area is 229 Å². The predicted octanol–water partition coefficient (Wildman–Crippen LogP) is 8.10. The Morgan fingerprint density at radius 3 is 2.38 bits per heavy atom. The fraction of sp³-hybridized carbons (Fsp3) is 0.290. The number of thioether (sulfide) groups is 1. The van der Waals surface area contributed by atoms with Gasteiger partial charge in [-0.15, -0.1) is 0 Å². The van der Waals surface area contributed by atoms with Gasteiger partial charge in [0.2, 0.25) is 0 Å². The molecule has 3 aromatic carbocycles. The Morgan fingerprint density at radius 2 is 1.59 bits per heavy atom. The molecule has 37 heavy (non-hydrogen) atoms. The van der Waals surface area contributed by atoms with E-state index in [2.05, 4.69) is 61.2 Å². The second kappa shape index (κ2) is 11.5. The maximum absolute atomic E-state index is 13.6. The SMILES string of the molecule is CCCCCCCN1C(=O)/C(=C/C=C2/Sc3ccc4ccccc4c3N2CC)N(c2ccccc2)C1=S. The van der Waals surface area contributed by atoms with E-state index in [1.165, 1.54) is 40.6 Å². The number of hydrogen-bond acceptors (Lipinski definition) is 4. The van der Waals surface area contributed by atoms with Crippen molar-refractivity contribution in [1.82, 2.24) is 4.90 Å². The van der Waals surface area contributed by atoms with Crippen LogP contribution < -0.4 is 9.80 Å². The zero-order valence-electron chi connectivity index (χ0n) is 21.5. The molecule has 0 spiro atoms. The summed E-state index contributed by atoms with van der Waals surface area (Å²) in [5, 5.41) is 4.17. The van der Waals surface area contributed by atoms with Crippen molar-refractivity contribution in [1.29, 1.82) is 0 Å². The van der Waals surface area contributed by atoms with E-state index in [-0.39, 0.29) is 5.91 Å². The highest BCUT2D eigenvalue weighted by molar-refractivity contribution is 8.03. The van der Waals surface area contributed by atoms with Gasteiger partial charge < -0.3 is 4.90 Å². The van der Waals surface area contributed by atoms with Gasteiger partial charge in [-0.1, -0.05) is 92.9 Å². The number of carbonyl (C=O) groups excluding carboxylic acids is 1. The maximum atomic E-state index is 13.6. The minimum absolute atomic E-state index is 0.0183. The maximum Gasteiger partial charge on any atom is 0.277 e. The first kappa shape index (κ1) is 25.6. The van der Waals surface area contributed by atoms with Gasteiger partial charge in [0.25, 0.3) is 5.91 Å². The Kier molecular flexibility index (Phi) is 7.96. The van der Waals surface area contributed by atoms with E-state index < -0.39 is 0 Å². The third-order valence-electron chi connectivity index (χ3n) is 6.94. The topological polar surface area (TPSA) is 26.8 Å². The van der Waals surface area contributed by atoms with Crippen LogP contribution in [0.4, 0.5) is 11.4 Å². The van der Waals surface area contributed by atoms with Gasteiger partial charge in [-0.3, -0.25) is 14.6 Å². The van der Waals surface area contributed by atoms with Crippen LogP contribution in [-0.4, -0.2) is 29.0 Å². The van der Waals surface area contributed by atoms with Crippen LogP contribution in [0.15, 0.2) is 94.5 Å². The van der Waals surface area contributed by atoms with Crippen molar-refractivity contribution >= 4 is 57.1 Å². The molecule has 0 saturated carbocycles. The second-order valence-corrected chi connectivity index (χ2v) is 10.8. The van der Waals surface area contributed by atoms with Crippen LogP contribution >= 0.6 is 24.0 Å². The van der Waals surface area contributed by atoms with Crippen LogP contribution in [0.25, 0.3) is 10.8 Å². The highest BCUT2D eigenvalue weighted by Crippen LogP contribution is 2.49. The number of amides is 1. The molecule has 6 heteroatoms. The van der Waals surface area contributed by atoms with Crippen molar-refractivity contribution < 1.29 is 4.79 Å². The molecule has 0 unspecified atom stereocenters. The van der Waals surface area contributed by atoms with Crippen LogP contribution in [0.1, 0.15) is 46.0 Å². The number of hydrogen-bond donors (Lipinski definition) is 0. The summed E-state index contributed by atoms with van der Waals surface area (Å²) in [6, 6.07) is 22.9. The van der Waals surface area contributed by atoms with Gasteiger partial charge >= 0.3 is 0 Å². The van der Waals surface area contributed by atoms with Crippen LogP contribution in [0, 0.1) is 0 Å². The first-order chi connectivity index (χ1) is 18.1. The zero-order chi connectivity index (χ0) is 25.8. The standard InChI is InChI=1S/C31H33N3OS2/c1-3-5-6-7-13-22-33-30(35)26(34(31(33)36)24-15-9-8-10-16-24)19-21-28-32(4-2)29-25-17-12-11-14-23(25)18-20-27(29)37-28/h8-12,14-21H,3-7,13,22H2,1-2H3/b26-19-,28-21+. The Bertz CT molecular complexity index is 1370. The first-order valence-corrected chi connectivity index (χ1v) is 14.5. The fourth-order valence-electron chi connectivity index (χ4n) is 5.05. The number of nitrogens with zero attached hydrogens (tertiary/aromatic N) is 3. The average Bonchev–Trinajstić information content (AvgIpc) is 3.41. The number of rotatable bonds is 9. The highest BCUT2D eigenvalue weighted by Gasteiger charge is 2.38. The van der Waals surface area contributed by atoms with E-state index in [4.69, 9.17) is 12.2 Å². The number of fused-ring (bicyclic) bond motifs is 3. The first-order valence-electron chi connectivity index (χ1n) is 13.2. The molecule has 0 bridgehead atoms. The third-order valence-corrected chi connectivity index (χ3v) is 8.46. The molecular formula is C31H33N3OS2. The molecule has 0 aliphatic carbocycles. The normalized spacial score (nSPS) is 17.6. The summed E-state index contributed by atoms with van der Waals surface area (Å²) in [5.41, 5.74) is 2.77. The van der Waals surface area contributed by atoms with Crippen molar-refractivity contribution in [3.05, 3.63) is 89.6 Å². The van der Waals surface area contributed by atoms with Gasteiger partial charge in [-0.05, 0) is 61.3 Å². The second-order valence-electron chi connectivity index (χ2n) is 9.36. The summed E-state index contributed by atoms with van der Waals surface area (Å²) in [4.78, 5) is 20.9. The van der Waals surface area contributed by atoms with Crippen molar-refractivity contribution in [3.8, 4) is 0 Å². The molecule has 1 saturated heterocycles. The lowest BCUT2D eigenvalue weighted by molar-refractivity contribution is -0.122. The van der Waals surface area contributed by atoms with E-state index >= 15 is 0 Å². The van der Waals surface area contributed by atoms with Gasteiger partial charge in [-0.25, -0.2) is 0 Å². The molecule has 0 N–H and O–H groups in total. The quantitative estimate of drug-likeness (QED) is 0.159. The molecule has 190 valence electrons. The lowest BCUT2D eigenvalue weighted by Crippen LogP contribution is -2.33. The minimum Gasteiger partial charge on any atom is -0.335 e. The van der Waals surface area contributed by atoms with Crippen LogP contribution in [-0.2, 0) is 4.79 Å². The lowest BCUT2D eigenvalue weighted by atomic mass is 10.1. The van der Waals surface area contributed by atoms with Crippen molar-refractivity contribution in [2.24, 2.45) is 0 Å². The summed E-state index contributed by atoms with van der Waals surface area (Å²) in [6.45, 7) is 5.89. The minimum atomic E-state index is -0.0183. The van der Waals surface area contributed by atoms with Gasteiger partial charge in [0.05, 0.1) is 10.7 Å². The number of thiocarbonyl (C=S) groups is 1. The summed E-state index contributed by atoms with van der Waals surface area (Å²) >= 11 is 7.61. The molecule has 2 aliphatic rings. The largest absolute Gasteiger partial charge is 0.335 e. The molecule has 2 aliphatic heterocycles. The molecule has 1 fully saturated rings. The van der Waals surface area contributed by atoms with E-state index in [0.717, 1.165) is 30.1 Å². The molecule has 0 aromatic heterocycles. The Balaban J connectivity index is 1.47. The van der Waals surface area contributed by atoms with E-state index in [9.17, 15) is 4.79 Å². The number of unbranched alkanes of at least 4 members (excludes halogenated alkanes) is 4. The molecule has 3 aromatic rings. The number of allylic oxidation sites excluding steroid dienone is 2. The highest BCUT2D eigenvalue weighted by atomic mass is 32.2. The van der Waals surface area contributed by atoms with Crippen LogP contribution in [0.2, 0.25) is 0 Å². The Hall–Kier alpha value is -3.09. The number of carbonyl (C=O) groups is 1. The molecule has 4 nitrogen and oxygen atoms in total. The van der Waals surface area contributed by atoms with Gasteiger partial charge in [-0.2, -0.15) is 0 Å². The summed E-state index contributed by atoms with van der Waals surface area (Å²) in [6.07, 6.45) is 9.75. The Morgan fingerprint density at radius 1 is 0.838 bits per heavy atom. The van der Waals surface area contributed by atoms with Crippen molar-refractivity contribution in [2.75, 3.05) is 22.9 Å². The fourth-order valence-corrected chi connectivity index (χ4v) is 6.57. The van der Waals surface area contributed by atoms with Crippen LogP contribution in [0.3, 0.4) is 0 Å². The van der Waals surface area contributed by atoms with Crippen molar-refractivity contribution in [3.63, 3.8) is 0 Å². The third kappa shape index (κ3) is 5.05. The smallest absolute Gasteiger partial charge is 0.277 e. The zero-order valence-corrected chi connectivity index (χ0v) is 23.2. The van der Waals surface area contributed by atoms with Gasteiger partial charge in [0.1, 0.15) is 5.70 Å². The van der Waals surface area contributed by atoms with Gasteiger partial charge in [0, 0.05) is 29.1 Å². The predicted molar refractivity (Wildman–Crippen MR) is 161 cm³/mol. The van der Waals surface area contributed by atoms with E-state index in [0.29, 0.717) is 17.4 Å². The number of anilines is 2. The molecule has 0 radical (unpaired) electrons. The molecular weight excluding hydrogens is 494 g/mol. The monoisotopic (exact) mass is 527 g/mol. The summed E-state index contributed by atoms with van der Waals surface area (Å²) in [5.74, 6) is -0.0183. The van der Waals surface area contributed by atoms with Gasteiger partial charge in [0.15, 0.2) is 5.11 Å². The number of benzene rings is 3.